The Labute approximate surface area is 67.1 Å². The fourth-order valence-corrected chi connectivity index (χ4v) is 5.01. The molecular weight excluding hydrogens is 136 g/mol. The summed E-state index contributed by atoms with van der Waals surface area (Å²) in [5.41, 5.74) is 0. The Balaban J connectivity index is 1.84. The monoisotopic (exact) mass is 150 g/mol. The van der Waals surface area contributed by atoms with Crippen LogP contribution in [0.15, 0.2) is 0 Å². The first kappa shape index (κ1) is 5.58. The van der Waals surface area contributed by atoms with Crippen molar-refractivity contribution in [2.45, 2.75) is 18.9 Å². The first-order valence-electron chi connectivity index (χ1n) is 4.96. The molecule has 5 aliphatic carbocycles. The van der Waals surface area contributed by atoms with Crippen molar-refractivity contribution >= 4 is 0 Å². The molecule has 5 fully saturated rings. The Morgan fingerprint density at radius 3 is 1.91 bits per heavy atom. The molecule has 0 aromatic heterocycles. The minimum absolute atomic E-state index is 0.697. The molecule has 5 atom stereocenters. The minimum Gasteiger partial charge on any atom is -0.381 e. The van der Waals surface area contributed by atoms with Crippen LogP contribution in [-0.4, -0.2) is 13.2 Å². The fourth-order valence-electron chi connectivity index (χ4n) is 5.01. The van der Waals surface area contributed by atoms with E-state index in [0.717, 1.165) is 35.5 Å². The second kappa shape index (κ2) is 1.39. The van der Waals surface area contributed by atoms with Crippen LogP contribution in [0.25, 0.3) is 0 Å². The lowest BCUT2D eigenvalue weighted by atomic mass is 9.99. The van der Waals surface area contributed by atoms with E-state index >= 15 is 0 Å². The zero-order chi connectivity index (χ0) is 7.16. The molecule has 1 heteroatoms. The molecule has 11 heavy (non-hydrogen) atoms. The van der Waals surface area contributed by atoms with Crippen molar-refractivity contribution in [3.63, 3.8) is 0 Å². The highest BCUT2D eigenvalue weighted by atomic mass is 16.5. The van der Waals surface area contributed by atoms with Crippen LogP contribution in [0.1, 0.15) is 12.8 Å². The van der Waals surface area contributed by atoms with E-state index in [4.69, 9.17) is 4.74 Å². The summed E-state index contributed by atoms with van der Waals surface area (Å²) in [4.78, 5) is 0. The quantitative estimate of drug-likeness (QED) is 0.551. The molecule has 0 saturated heterocycles. The van der Waals surface area contributed by atoms with E-state index in [-0.39, 0.29) is 0 Å². The van der Waals surface area contributed by atoms with Gasteiger partial charge in [-0.05, 0) is 48.3 Å². The van der Waals surface area contributed by atoms with Gasteiger partial charge in [0.25, 0.3) is 0 Å². The van der Waals surface area contributed by atoms with Gasteiger partial charge in [0.1, 0.15) is 0 Å². The van der Waals surface area contributed by atoms with Crippen LogP contribution in [0.5, 0.6) is 0 Å². The average Bonchev–Trinajstić information content (AvgIpc) is 2.43. The Morgan fingerprint density at radius 1 is 0.909 bits per heavy atom. The maximum Gasteiger partial charge on any atom is 0.0638 e. The lowest BCUT2D eigenvalue weighted by Crippen LogP contribution is -2.18. The molecule has 5 saturated carbocycles. The topological polar surface area (TPSA) is 9.23 Å². The Morgan fingerprint density at radius 2 is 1.55 bits per heavy atom. The normalized spacial score (nSPS) is 74.5. The van der Waals surface area contributed by atoms with Gasteiger partial charge in [-0.2, -0.15) is 0 Å². The third kappa shape index (κ3) is 0.376. The summed E-state index contributed by atoms with van der Waals surface area (Å²) in [6.45, 7) is 0. The molecule has 0 amide bonds. The van der Waals surface area contributed by atoms with Crippen LogP contribution < -0.4 is 0 Å². The number of ether oxygens (including phenoxy) is 1. The van der Waals surface area contributed by atoms with E-state index < -0.39 is 0 Å². The molecule has 1 nitrogen and oxygen atoms in total. The Bertz CT molecular complexity index is 207. The van der Waals surface area contributed by atoms with Gasteiger partial charge in [0, 0.05) is 7.11 Å². The van der Waals surface area contributed by atoms with Crippen LogP contribution in [0.3, 0.4) is 0 Å². The summed E-state index contributed by atoms with van der Waals surface area (Å²) in [6.07, 6.45) is 3.77. The molecular formula is C10H14O. The molecule has 60 valence electrons. The second-order valence-electron chi connectivity index (χ2n) is 4.91. The van der Waals surface area contributed by atoms with Gasteiger partial charge >= 0.3 is 0 Å². The summed E-state index contributed by atoms with van der Waals surface area (Å²) in [5, 5.41) is 0. The van der Waals surface area contributed by atoms with E-state index in [1.165, 1.54) is 12.8 Å². The molecule has 6 bridgehead atoms. The highest BCUT2D eigenvalue weighted by Gasteiger charge is 2.79. The van der Waals surface area contributed by atoms with E-state index in [1.807, 2.05) is 7.11 Å². The number of hydrogen-bond donors (Lipinski definition) is 0. The van der Waals surface area contributed by atoms with Crippen molar-refractivity contribution in [2.75, 3.05) is 7.11 Å². The molecule has 0 spiro atoms. The van der Waals surface area contributed by atoms with Gasteiger partial charge in [0.05, 0.1) is 6.10 Å². The van der Waals surface area contributed by atoms with Crippen LogP contribution >= 0.6 is 0 Å². The molecule has 0 radical (unpaired) electrons. The first-order valence-corrected chi connectivity index (χ1v) is 4.96. The van der Waals surface area contributed by atoms with Crippen molar-refractivity contribution in [2.24, 2.45) is 35.5 Å². The molecule has 5 rings (SSSR count). The highest BCUT2D eigenvalue weighted by molar-refractivity contribution is 5.27. The standard InChI is InChI=1S/C10H14O/c1-11-10-6-4-2-3-5(6)8-7(4)9(8)10/h4-10H,2-3H2,1H3. The molecule has 5 unspecified atom stereocenters. The number of methoxy groups -OCH3 is 1. The SMILES string of the molecule is COC1C2C3CCC2C2C3C12. The van der Waals surface area contributed by atoms with Crippen LogP contribution in [0, 0.1) is 35.5 Å². The smallest absolute Gasteiger partial charge is 0.0638 e. The van der Waals surface area contributed by atoms with Gasteiger partial charge in [-0.15, -0.1) is 0 Å². The summed E-state index contributed by atoms with van der Waals surface area (Å²) in [6, 6.07) is 0. The van der Waals surface area contributed by atoms with Gasteiger partial charge < -0.3 is 4.74 Å². The number of hydrogen-bond acceptors (Lipinski definition) is 1. The van der Waals surface area contributed by atoms with E-state index in [1.54, 1.807) is 0 Å². The van der Waals surface area contributed by atoms with Crippen molar-refractivity contribution in [1.82, 2.24) is 0 Å². The summed E-state index contributed by atoms with van der Waals surface area (Å²) in [5.74, 6) is 6.55. The first-order chi connectivity index (χ1) is 5.43. The van der Waals surface area contributed by atoms with Gasteiger partial charge in [-0.3, -0.25) is 0 Å². The van der Waals surface area contributed by atoms with Gasteiger partial charge in [0.2, 0.25) is 0 Å². The fraction of sp³-hybridized carbons (Fsp3) is 1.00. The van der Waals surface area contributed by atoms with Crippen LogP contribution in [0.4, 0.5) is 0 Å². The Hall–Kier alpha value is -0.0400. The van der Waals surface area contributed by atoms with Crippen molar-refractivity contribution in [3.05, 3.63) is 0 Å². The van der Waals surface area contributed by atoms with Crippen molar-refractivity contribution < 1.29 is 4.74 Å². The number of rotatable bonds is 1. The van der Waals surface area contributed by atoms with E-state index in [2.05, 4.69) is 0 Å². The van der Waals surface area contributed by atoms with Gasteiger partial charge in [0.15, 0.2) is 0 Å². The molecule has 0 heterocycles. The zero-order valence-electron chi connectivity index (χ0n) is 6.86. The maximum absolute atomic E-state index is 5.60. The third-order valence-electron chi connectivity index (χ3n) is 5.03. The Kier molecular flexibility index (Phi) is 0.706. The van der Waals surface area contributed by atoms with Crippen molar-refractivity contribution in [3.8, 4) is 0 Å². The molecule has 0 N–H and O–H groups in total. The van der Waals surface area contributed by atoms with Crippen molar-refractivity contribution in [1.29, 1.82) is 0 Å². The van der Waals surface area contributed by atoms with Crippen LogP contribution in [-0.2, 0) is 4.74 Å². The lowest BCUT2D eigenvalue weighted by molar-refractivity contribution is 0.0618. The van der Waals surface area contributed by atoms with Crippen LogP contribution in [0.2, 0.25) is 0 Å². The zero-order valence-corrected chi connectivity index (χ0v) is 6.86. The molecule has 0 aliphatic heterocycles. The lowest BCUT2D eigenvalue weighted by Gasteiger charge is -2.15. The predicted octanol–water partition coefficient (Wildman–Crippen LogP) is 1.53. The van der Waals surface area contributed by atoms with E-state index in [9.17, 15) is 0 Å². The molecule has 0 aromatic rings. The van der Waals surface area contributed by atoms with Gasteiger partial charge in [-0.25, -0.2) is 0 Å². The average molecular weight is 150 g/mol. The maximum atomic E-state index is 5.60. The van der Waals surface area contributed by atoms with E-state index in [0.29, 0.717) is 6.10 Å². The third-order valence-corrected chi connectivity index (χ3v) is 5.03. The highest BCUT2D eigenvalue weighted by Crippen LogP contribution is 2.81. The second-order valence-corrected chi connectivity index (χ2v) is 4.91. The molecule has 5 aliphatic rings. The molecule has 0 aromatic carbocycles. The van der Waals surface area contributed by atoms with Gasteiger partial charge in [-0.1, -0.05) is 0 Å². The summed E-state index contributed by atoms with van der Waals surface area (Å²) < 4.78 is 5.60. The minimum atomic E-state index is 0.697. The summed E-state index contributed by atoms with van der Waals surface area (Å²) >= 11 is 0. The summed E-state index contributed by atoms with van der Waals surface area (Å²) in [7, 11) is 1.92. The largest absolute Gasteiger partial charge is 0.381 e. The predicted molar refractivity (Wildman–Crippen MR) is 41.0 cm³/mol.